The molecule has 4 aromatic rings. The summed E-state index contributed by atoms with van der Waals surface area (Å²) >= 11 is 0. The average Bonchev–Trinajstić information content (AvgIpc) is 2.99. The van der Waals surface area contributed by atoms with Gasteiger partial charge in [0, 0.05) is 21.8 Å². The van der Waals surface area contributed by atoms with Gasteiger partial charge in [0.15, 0.2) is 0 Å². The Morgan fingerprint density at radius 3 is 2.35 bits per heavy atom. The third-order valence-electron chi connectivity index (χ3n) is 4.14. The van der Waals surface area contributed by atoms with E-state index < -0.39 is 0 Å². The number of nitrogens with one attached hydrogen (secondary N) is 1. The van der Waals surface area contributed by atoms with Gasteiger partial charge in [0.2, 0.25) is 0 Å². The highest BCUT2D eigenvalue weighted by atomic mass is 16.1. The van der Waals surface area contributed by atoms with Crippen LogP contribution in [0.25, 0.3) is 27.4 Å². The Bertz CT molecular complexity index is 1030. The number of hydrogen-bond acceptors (Lipinski definition) is 1. The van der Waals surface area contributed by atoms with Crippen LogP contribution in [0.3, 0.4) is 0 Å². The Morgan fingerprint density at radius 2 is 1.52 bits per heavy atom. The molecule has 4 rings (SSSR count). The fourth-order valence-corrected chi connectivity index (χ4v) is 3.15. The van der Waals surface area contributed by atoms with Crippen molar-refractivity contribution < 1.29 is 4.79 Å². The van der Waals surface area contributed by atoms with Crippen molar-refractivity contribution in [2.24, 2.45) is 0 Å². The lowest BCUT2D eigenvalue weighted by molar-refractivity contribution is -0.104. The van der Waals surface area contributed by atoms with Crippen molar-refractivity contribution in [3.05, 3.63) is 90.0 Å². The van der Waals surface area contributed by atoms with Gasteiger partial charge >= 0.3 is 0 Å². The standard InChI is InChI=1S/C21H15NO/c23-14-13-16(15-7-2-1-3-8-15)17-10-6-12-20-21(17)18-9-4-5-11-19(18)22-20/h1-14,22H. The minimum atomic E-state index is 0.857. The average molecular weight is 297 g/mol. The van der Waals surface area contributed by atoms with E-state index in [0.717, 1.165) is 39.4 Å². The maximum atomic E-state index is 11.2. The molecule has 0 amide bonds. The summed E-state index contributed by atoms with van der Waals surface area (Å²) in [4.78, 5) is 14.7. The zero-order chi connectivity index (χ0) is 15.6. The summed E-state index contributed by atoms with van der Waals surface area (Å²) in [6.45, 7) is 0. The first-order chi connectivity index (χ1) is 11.4. The molecular weight excluding hydrogens is 282 g/mol. The molecule has 0 aliphatic carbocycles. The van der Waals surface area contributed by atoms with Gasteiger partial charge in [-0.3, -0.25) is 4.79 Å². The molecule has 2 heteroatoms. The highest BCUT2D eigenvalue weighted by Gasteiger charge is 2.12. The molecule has 0 radical (unpaired) electrons. The molecule has 1 heterocycles. The minimum Gasteiger partial charge on any atom is -0.354 e. The van der Waals surface area contributed by atoms with E-state index in [-0.39, 0.29) is 0 Å². The number of para-hydroxylation sites is 1. The topological polar surface area (TPSA) is 32.9 Å². The van der Waals surface area contributed by atoms with Crippen LogP contribution in [-0.4, -0.2) is 11.3 Å². The number of aromatic amines is 1. The third kappa shape index (κ3) is 2.25. The summed E-state index contributed by atoms with van der Waals surface area (Å²) < 4.78 is 0. The van der Waals surface area contributed by atoms with Gasteiger partial charge in [-0.25, -0.2) is 0 Å². The second-order valence-electron chi connectivity index (χ2n) is 5.48. The molecule has 1 aromatic heterocycles. The Morgan fingerprint density at radius 1 is 0.783 bits per heavy atom. The van der Waals surface area contributed by atoms with Gasteiger partial charge in [-0.1, -0.05) is 60.7 Å². The zero-order valence-corrected chi connectivity index (χ0v) is 12.5. The molecule has 23 heavy (non-hydrogen) atoms. The van der Waals surface area contributed by atoms with E-state index in [0.29, 0.717) is 0 Å². The van der Waals surface area contributed by atoms with Crippen molar-refractivity contribution in [3.8, 4) is 0 Å². The van der Waals surface area contributed by atoms with E-state index in [4.69, 9.17) is 0 Å². The lowest BCUT2D eigenvalue weighted by Crippen LogP contribution is -1.90. The van der Waals surface area contributed by atoms with Crippen molar-refractivity contribution in [1.29, 1.82) is 0 Å². The van der Waals surface area contributed by atoms with Crippen molar-refractivity contribution in [2.45, 2.75) is 0 Å². The highest BCUT2D eigenvalue weighted by Crippen LogP contribution is 2.34. The van der Waals surface area contributed by atoms with Gasteiger partial charge < -0.3 is 4.98 Å². The van der Waals surface area contributed by atoms with Crippen LogP contribution in [0.5, 0.6) is 0 Å². The number of aromatic nitrogens is 1. The summed E-state index contributed by atoms with van der Waals surface area (Å²) in [6.07, 6.45) is 2.50. The van der Waals surface area contributed by atoms with Crippen LogP contribution < -0.4 is 0 Å². The summed E-state index contributed by atoms with van der Waals surface area (Å²) in [5.41, 5.74) is 5.23. The molecule has 0 atom stereocenters. The normalized spacial score (nSPS) is 11.9. The maximum absolute atomic E-state index is 11.2. The number of fused-ring (bicyclic) bond motifs is 3. The van der Waals surface area contributed by atoms with Crippen LogP contribution in [0.15, 0.2) is 78.9 Å². The van der Waals surface area contributed by atoms with E-state index in [1.807, 2.05) is 48.5 Å². The molecule has 0 fully saturated rings. The molecule has 3 aromatic carbocycles. The number of benzene rings is 3. The van der Waals surface area contributed by atoms with Gasteiger partial charge in [-0.2, -0.15) is 0 Å². The largest absolute Gasteiger partial charge is 0.354 e. The van der Waals surface area contributed by atoms with Gasteiger partial charge in [0.25, 0.3) is 0 Å². The van der Waals surface area contributed by atoms with Crippen molar-refractivity contribution in [3.63, 3.8) is 0 Å². The number of carbonyl (C=O) groups excluding carboxylic acids is 1. The van der Waals surface area contributed by atoms with E-state index in [2.05, 4.69) is 29.2 Å². The number of hydrogen-bond donors (Lipinski definition) is 1. The Labute approximate surface area is 134 Å². The van der Waals surface area contributed by atoms with Crippen molar-refractivity contribution in [1.82, 2.24) is 4.98 Å². The maximum Gasteiger partial charge on any atom is 0.143 e. The molecule has 0 spiro atoms. The Balaban J connectivity index is 2.07. The second-order valence-corrected chi connectivity index (χ2v) is 5.48. The number of aldehydes is 1. The van der Waals surface area contributed by atoms with E-state index >= 15 is 0 Å². The molecule has 0 saturated heterocycles. The number of carbonyl (C=O) groups is 1. The lowest BCUT2D eigenvalue weighted by Gasteiger charge is -2.09. The zero-order valence-electron chi connectivity index (χ0n) is 12.5. The molecule has 0 unspecified atom stereocenters. The summed E-state index contributed by atoms with van der Waals surface area (Å²) in [5, 5.41) is 2.32. The molecule has 0 bridgehead atoms. The van der Waals surface area contributed by atoms with Crippen molar-refractivity contribution in [2.75, 3.05) is 0 Å². The lowest BCUT2D eigenvalue weighted by atomic mass is 9.94. The van der Waals surface area contributed by atoms with E-state index in [1.54, 1.807) is 6.08 Å². The van der Waals surface area contributed by atoms with E-state index in [9.17, 15) is 4.79 Å². The number of rotatable bonds is 3. The number of H-pyrrole nitrogens is 1. The van der Waals surface area contributed by atoms with Crippen molar-refractivity contribution >= 4 is 33.7 Å². The van der Waals surface area contributed by atoms with Gasteiger partial charge in [-0.15, -0.1) is 0 Å². The molecule has 0 aliphatic heterocycles. The SMILES string of the molecule is O=CC=C(c1ccccc1)c1cccc2[nH]c3ccccc3c12. The summed E-state index contributed by atoms with van der Waals surface area (Å²) in [5.74, 6) is 0. The minimum absolute atomic E-state index is 0.857. The van der Waals surface area contributed by atoms with Gasteiger partial charge in [-0.05, 0) is 34.9 Å². The predicted molar refractivity (Wildman–Crippen MR) is 95.4 cm³/mol. The third-order valence-corrected chi connectivity index (χ3v) is 4.14. The molecule has 1 N–H and O–H groups in total. The van der Waals surface area contributed by atoms with Gasteiger partial charge in [0.1, 0.15) is 6.29 Å². The van der Waals surface area contributed by atoms with Crippen LogP contribution in [0.4, 0.5) is 0 Å². The van der Waals surface area contributed by atoms with Crippen LogP contribution in [-0.2, 0) is 4.79 Å². The molecule has 2 nitrogen and oxygen atoms in total. The van der Waals surface area contributed by atoms with E-state index in [1.165, 1.54) is 5.39 Å². The fraction of sp³-hybridized carbons (Fsp3) is 0. The Kier molecular flexibility index (Phi) is 3.28. The first kappa shape index (κ1) is 13.5. The quantitative estimate of drug-likeness (QED) is 0.421. The molecule has 0 saturated carbocycles. The molecular formula is C21H15NO. The highest BCUT2D eigenvalue weighted by molar-refractivity contribution is 6.14. The van der Waals surface area contributed by atoms with Crippen LogP contribution >= 0.6 is 0 Å². The van der Waals surface area contributed by atoms with Gasteiger partial charge in [0.05, 0.1) is 0 Å². The first-order valence-corrected chi connectivity index (χ1v) is 7.59. The second kappa shape index (κ2) is 5.58. The van der Waals surface area contributed by atoms with Crippen LogP contribution in [0.2, 0.25) is 0 Å². The summed E-state index contributed by atoms with van der Waals surface area (Å²) in [7, 11) is 0. The number of allylic oxidation sites excluding steroid dienone is 1. The summed E-state index contributed by atoms with van der Waals surface area (Å²) in [6, 6.07) is 24.4. The monoisotopic (exact) mass is 297 g/mol. The predicted octanol–water partition coefficient (Wildman–Crippen LogP) is 4.95. The smallest absolute Gasteiger partial charge is 0.143 e. The first-order valence-electron chi connectivity index (χ1n) is 7.59. The molecule has 0 aliphatic rings. The van der Waals surface area contributed by atoms with Crippen LogP contribution in [0, 0.1) is 0 Å². The fourth-order valence-electron chi connectivity index (χ4n) is 3.15. The molecule has 110 valence electrons. The van der Waals surface area contributed by atoms with Crippen LogP contribution in [0.1, 0.15) is 11.1 Å². The Hall–Kier alpha value is -3.13.